The molecule has 0 aromatic carbocycles. The maximum absolute atomic E-state index is 11.7. The largest absolute Gasteiger partial charge is 0.469 e. The first-order chi connectivity index (χ1) is 13.7. The SMILES string of the molecule is COC(=O)CC[C@@H](C)C1CCC2C3CCC4C[C@@H](N)CC[C@]4(C)C3C[C@@H](O)[C@@]21C. The highest BCUT2D eigenvalue weighted by Crippen LogP contribution is 2.68. The smallest absolute Gasteiger partial charge is 0.305 e. The van der Waals surface area contributed by atoms with E-state index >= 15 is 0 Å². The quantitative estimate of drug-likeness (QED) is 0.674. The predicted octanol–water partition coefficient (Wildman–Crippen LogP) is 4.53. The van der Waals surface area contributed by atoms with Gasteiger partial charge in [-0.25, -0.2) is 0 Å². The van der Waals surface area contributed by atoms with Crippen LogP contribution in [0.4, 0.5) is 0 Å². The Kier molecular flexibility index (Phi) is 5.83. The minimum Gasteiger partial charge on any atom is -0.469 e. The van der Waals surface area contributed by atoms with Gasteiger partial charge in [0.2, 0.25) is 0 Å². The Bertz CT molecular complexity index is 623. The Labute approximate surface area is 177 Å². The minimum absolute atomic E-state index is 0.00493. The van der Waals surface area contributed by atoms with Crippen molar-refractivity contribution in [3.63, 3.8) is 0 Å². The van der Waals surface area contributed by atoms with Crippen molar-refractivity contribution in [2.24, 2.45) is 52.1 Å². The fraction of sp³-hybridized carbons (Fsp3) is 0.960. The van der Waals surface area contributed by atoms with Gasteiger partial charge in [-0.15, -0.1) is 0 Å². The van der Waals surface area contributed by atoms with Gasteiger partial charge >= 0.3 is 5.97 Å². The van der Waals surface area contributed by atoms with Gasteiger partial charge in [0.25, 0.3) is 0 Å². The van der Waals surface area contributed by atoms with E-state index in [9.17, 15) is 9.90 Å². The average molecular weight is 406 g/mol. The number of hydrogen-bond donors (Lipinski definition) is 2. The molecule has 10 atom stereocenters. The van der Waals surface area contributed by atoms with Gasteiger partial charge < -0.3 is 15.6 Å². The number of carbonyl (C=O) groups excluding carboxylic acids is 1. The number of carbonyl (C=O) groups is 1. The van der Waals surface area contributed by atoms with Crippen molar-refractivity contribution in [1.82, 2.24) is 0 Å². The molecule has 0 aromatic heterocycles. The summed E-state index contributed by atoms with van der Waals surface area (Å²) in [4.78, 5) is 11.7. The van der Waals surface area contributed by atoms with E-state index in [1.54, 1.807) is 0 Å². The predicted molar refractivity (Wildman–Crippen MR) is 115 cm³/mol. The van der Waals surface area contributed by atoms with E-state index in [2.05, 4.69) is 20.8 Å². The summed E-state index contributed by atoms with van der Waals surface area (Å²) in [5.74, 6) is 3.66. The van der Waals surface area contributed by atoms with Gasteiger partial charge in [0.15, 0.2) is 0 Å². The highest BCUT2D eigenvalue weighted by atomic mass is 16.5. The van der Waals surface area contributed by atoms with E-state index in [1.165, 1.54) is 45.6 Å². The second-order valence-corrected chi connectivity index (χ2v) is 11.6. The standard InChI is InChI=1S/C25H43NO3/c1-15(5-10-23(28)29-4)19-8-9-20-18-7-6-16-13-17(26)11-12-24(16,2)21(18)14-22(27)25(19,20)3/h15-22,27H,5-14,26H2,1-4H3/t15-,16?,17+,18?,19?,20?,21?,22-,24+,25-/m1/s1. The van der Waals surface area contributed by atoms with E-state index in [-0.39, 0.29) is 17.5 Å². The number of ether oxygens (including phenoxy) is 1. The summed E-state index contributed by atoms with van der Waals surface area (Å²) < 4.78 is 4.86. The molecule has 0 heterocycles. The summed E-state index contributed by atoms with van der Waals surface area (Å²) in [7, 11) is 1.47. The zero-order chi connectivity index (χ0) is 21.0. The molecule has 4 fully saturated rings. The summed E-state index contributed by atoms with van der Waals surface area (Å²) in [6.45, 7) is 7.21. The Morgan fingerprint density at radius 2 is 1.90 bits per heavy atom. The first kappa shape index (κ1) is 21.6. The Balaban J connectivity index is 1.53. The van der Waals surface area contributed by atoms with E-state index in [0.29, 0.717) is 41.5 Å². The van der Waals surface area contributed by atoms with Gasteiger partial charge in [0, 0.05) is 12.5 Å². The van der Waals surface area contributed by atoms with Crippen LogP contribution in [0.5, 0.6) is 0 Å². The number of hydrogen-bond acceptors (Lipinski definition) is 4. The molecule has 0 saturated heterocycles. The number of rotatable bonds is 4. The van der Waals surface area contributed by atoms with Gasteiger partial charge in [-0.1, -0.05) is 20.8 Å². The van der Waals surface area contributed by atoms with E-state index < -0.39 is 0 Å². The van der Waals surface area contributed by atoms with Crippen LogP contribution < -0.4 is 5.73 Å². The summed E-state index contributed by atoms with van der Waals surface area (Å²) in [5, 5.41) is 11.6. The van der Waals surface area contributed by atoms with Crippen LogP contribution in [0.15, 0.2) is 0 Å². The molecular formula is C25H43NO3. The van der Waals surface area contributed by atoms with Crippen LogP contribution in [0.3, 0.4) is 0 Å². The molecule has 166 valence electrons. The first-order valence-electron chi connectivity index (χ1n) is 12.2. The molecule has 4 aliphatic carbocycles. The molecule has 0 radical (unpaired) electrons. The molecule has 0 spiro atoms. The minimum atomic E-state index is -0.215. The lowest BCUT2D eigenvalue weighted by molar-refractivity contribution is -0.169. The van der Waals surface area contributed by atoms with E-state index in [1.807, 2.05) is 0 Å². The van der Waals surface area contributed by atoms with Crippen molar-refractivity contribution in [1.29, 1.82) is 0 Å². The van der Waals surface area contributed by atoms with Crippen LogP contribution in [0, 0.1) is 46.3 Å². The lowest BCUT2D eigenvalue weighted by Crippen LogP contribution is -2.59. The highest BCUT2D eigenvalue weighted by molar-refractivity contribution is 5.69. The summed E-state index contributed by atoms with van der Waals surface area (Å²) in [6.07, 6.45) is 10.8. The third kappa shape index (κ3) is 3.37. The van der Waals surface area contributed by atoms with Gasteiger partial charge in [0.1, 0.15) is 0 Å². The number of aliphatic hydroxyl groups excluding tert-OH is 1. The zero-order valence-corrected chi connectivity index (χ0v) is 19.0. The second kappa shape index (κ2) is 7.82. The van der Waals surface area contributed by atoms with Crippen molar-refractivity contribution < 1.29 is 14.6 Å². The maximum atomic E-state index is 11.7. The molecule has 4 saturated carbocycles. The maximum Gasteiger partial charge on any atom is 0.305 e. The Morgan fingerprint density at radius 1 is 1.14 bits per heavy atom. The van der Waals surface area contributed by atoms with Gasteiger partial charge in [0.05, 0.1) is 13.2 Å². The number of aliphatic hydroxyl groups is 1. The number of esters is 1. The van der Waals surface area contributed by atoms with E-state index in [0.717, 1.165) is 31.1 Å². The third-order valence-corrected chi connectivity index (χ3v) is 10.6. The van der Waals surface area contributed by atoms with Crippen LogP contribution in [0.25, 0.3) is 0 Å². The molecule has 4 nitrogen and oxygen atoms in total. The molecule has 4 aliphatic rings. The Hall–Kier alpha value is -0.610. The number of nitrogens with two attached hydrogens (primary N) is 1. The van der Waals surface area contributed by atoms with Crippen molar-refractivity contribution in [3.8, 4) is 0 Å². The van der Waals surface area contributed by atoms with Crippen molar-refractivity contribution >= 4 is 5.97 Å². The van der Waals surface area contributed by atoms with Gasteiger partial charge in [-0.3, -0.25) is 4.79 Å². The molecule has 0 aromatic rings. The van der Waals surface area contributed by atoms with Crippen molar-refractivity contribution in [2.75, 3.05) is 7.11 Å². The van der Waals surface area contributed by atoms with Gasteiger partial charge in [-0.2, -0.15) is 0 Å². The molecule has 0 aliphatic heterocycles. The molecule has 4 heteroatoms. The fourth-order valence-corrected chi connectivity index (χ4v) is 8.86. The second-order valence-electron chi connectivity index (χ2n) is 11.6. The van der Waals surface area contributed by atoms with Crippen LogP contribution in [0.2, 0.25) is 0 Å². The lowest BCUT2D eigenvalue weighted by Gasteiger charge is -2.62. The third-order valence-electron chi connectivity index (χ3n) is 10.6. The molecule has 0 amide bonds. The normalized spacial score (nSPS) is 50.2. The van der Waals surface area contributed by atoms with Crippen molar-refractivity contribution in [3.05, 3.63) is 0 Å². The lowest BCUT2D eigenvalue weighted by atomic mass is 9.43. The molecular weight excluding hydrogens is 362 g/mol. The molecule has 29 heavy (non-hydrogen) atoms. The van der Waals surface area contributed by atoms with Gasteiger partial charge in [-0.05, 0) is 104 Å². The monoisotopic (exact) mass is 405 g/mol. The number of methoxy groups -OCH3 is 1. The van der Waals surface area contributed by atoms with Crippen LogP contribution in [-0.2, 0) is 9.53 Å². The van der Waals surface area contributed by atoms with Crippen molar-refractivity contribution in [2.45, 2.75) is 97.1 Å². The molecule has 0 bridgehead atoms. The molecule has 3 N–H and O–H groups in total. The fourth-order valence-electron chi connectivity index (χ4n) is 8.86. The zero-order valence-electron chi connectivity index (χ0n) is 19.0. The molecule has 4 rings (SSSR count). The summed E-state index contributed by atoms with van der Waals surface area (Å²) in [6, 6.07) is 0.384. The number of fused-ring (bicyclic) bond motifs is 5. The summed E-state index contributed by atoms with van der Waals surface area (Å²) >= 11 is 0. The van der Waals surface area contributed by atoms with Crippen LogP contribution in [-0.4, -0.2) is 30.3 Å². The Morgan fingerprint density at radius 3 is 2.62 bits per heavy atom. The highest BCUT2D eigenvalue weighted by Gasteiger charge is 2.63. The topological polar surface area (TPSA) is 72.5 Å². The summed E-state index contributed by atoms with van der Waals surface area (Å²) in [5.41, 5.74) is 6.71. The first-order valence-corrected chi connectivity index (χ1v) is 12.2. The average Bonchev–Trinajstić information content (AvgIpc) is 3.06. The van der Waals surface area contributed by atoms with Crippen LogP contribution in [0.1, 0.15) is 85.0 Å². The van der Waals surface area contributed by atoms with Crippen LogP contribution >= 0.6 is 0 Å². The van der Waals surface area contributed by atoms with E-state index in [4.69, 9.17) is 10.5 Å². The molecule has 5 unspecified atom stereocenters.